The van der Waals surface area contributed by atoms with Crippen LogP contribution in [-0.4, -0.2) is 17.3 Å². The lowest BCUT2D eigenvalue weighted by Crippen LogP contribution is -2.03. The topological polar surface area (TPSA) is 83.9 Å². The molecule has 0 saturated heterocycles. The number of aromatic nitrogens is 2. The third kappa shape index (κ3) is 1.48. The first kappa shape index (κ1) is 9.39. The van der Waals surface area contributed by atoms with Crippen molar-refractivity contribution >= 4 is 5.82 Å². The fourth-order valence-electron chi connectivity index (χ4n) is 1.49. The van der Waals surface area contributed by atoms with Gasteiger partial charge in [-0.15, -0.1) is 0 Å². The number of hydrogen-bond donors (Lipinski definition) is 3. The van der Waals surface area contributed by atoms with Gasteiger partial charge in [-0.3, -0.25) is 15.0 Å². The van der Waals surface area contributed by atoms with E-state index in [1.54, 1.807) is 19.2 Å². The van der Waals surface area contributed by atoms with Crippen molar-refractivity contribution in [2.24, 2.45) is 0 Å². The maximum Gasteiger partial charge on any atom is 0.274 e. The highest BCUT2D eigenvalue weighted by Gasteiger charge is 2.13. The van der Waals surface area contributed by atoms with Crippen LogP contribution < -0.4 is 16.0 Å². The summed E-state index contributed by atoms with van der Waals surface area (Å²) >= 11 is 0. The van der Waals surface area contributed by atoms with Crippen LogP contribution in [0.3, 0.4) is 0 Å². The monoisotopic (exact) mass is 205 g/mol. The summed E-state index contributed by atoms with van der Waals surface area (Å²) in [6, 6.07) is 7.22. The molecule has 0 aliphatic carbocycles. The van der Waals surface area contributed by atoms with Crippen LogP contribution in [0.5, 0.6) is 5.75 Å². The van der Waals surface area contributed by atoms with Gasteiger partial charge in [0.15, 0.2) is 0 Å². The number of ether oxygens (including phenoxy) is 1. The Morgan fingerprint density at radius 2 is 2.00 bits per heavy atom. The third-order valence-electron chi connectivity index (χ3n) is 2.18. The zero-order valence-corrected chi connectivity index (χ0v) is 8.20. The minimum Gasteiger partial charge on any atom is -0.496 e. The normalized spacial score (nSPS) is 10.2. The van der Waals surface area contributed by atoms with Gasteiger partial charge in [-0.2, -0.15) is 0 Å². The maximum atomic E-state index is 11.5. The van der Waals surface area contributed by atoms with Crippen LogP contribution in [0.25, 0.3) is 11.1 Å². The van der Waals surface area contributed by atoms with Gasteiger partial charge in [-0.25, -0.2) is 0 Å². The Kier molecular flexibility index (Phi) is 2.21. The molecule has 0 unspecified atom stereocenters. The number of nitrogens with one attached hydrogen (secondary N) is 2. The second kappa shape index (κ2) is 3.53. The summed E-state index contributed by atoms with van der Waals surface area (Å²) in [7, 11) is 1.55. The molecule has 0 amide bonds. The second-order valence-electron chi connectivity index (χ2n) is 3.07. The second-order valence-corrected chi connectivity index (χ2v) is 3.07. The number of nitrogen functional groups attached to an aromatic ring is 1. The van der Waals surface area contributed by atoms with E-state index >= 15 is 0 Å². The third-order valence-corrected chi connectivity index (χ3v) is 2.18. The first-order chi connectivity index (χ1) is 7.24. The number of hydrogen-bond acceptors (Lipinski definition) is 3. The van der Waals surface area contributed by atoms with Crippen LogP contribution >= 0.6 is 0 Å². The maximum absolute atomic E-state index is 11.5. The molecule has 1 aromatic carbocycles. The SMILES string of the molecule is COc1ccccc1-c1c(N)[nH][nH]c1=O. The van der Waals surface area contributed by atoms with Crippen LogP contribution in [0.4, 0.5) is 5.82 Å². The molecule has 4 N–H and O–H groups in total. The number of H-pyrrole nitrogens is 2. The van der Waals surface area contributed by atoms with Crippen molar-refractivity contribution in [3.8, 4) is 16.9 Å². The molecule has 1 heterocycles. The molecule has 0 atom stereocenters. The Balaban J connectivity index is 2.69. The van der Waals surface area contributed by atoms with E-state index in [1.165, 1.54) is 0 Å². The van der Waals surface area contributed by atoms with E-state index < -0.39 is 0 Å². The van der Waals surface area contributed by atoms with Crippen LogP contribution in [0.1, 0.15) is 0 Å². The number of methoxy groups -OCH3 is 1. The van der Waals surface area contributed by atoms with E-state index in [0.29, 0.717) is 22.7 Å². The molecule has 0 saturated carbocycles. The number of aromatic amines is 2. The van der Waals surface area contributed by atoms with Gasteiger partial charge in [0.2, 0.25) is 0 Å². The van der Waals surface area contributed by atoms with E-state index in [2.05, 4.69) is 10.2 Å². The van der Waals surface area contributed by atoms with Crippen LogP contribution in [0.2, 0.25) is 0 Å². The molecule has 15 heavy (non-hydrogen) atoms. The molecule has 5 nitrogen and oxygen atoms in total. The Morgan fingerprint density at radius 3 is 2.60 bits per heavy atom. The Bertz CT molecular complexity index is 527. The van der Waals surface area contributed by atoms with Crippen molar-refractivity contribution in [3.63, 3.8) is 0 Å². The van der Waals surface area contributed by atoms with Gasteiger partial charge in [0.1, 0.15) is 11.6 Å². The van der Waals surface area contributed by atoms with E-state index in [-0.39, 0.29) is 5.56 Å². The fourth-order valence-corrected chi connectivity index (χ4v) is 1.49. The van der Waals surface area contributed by atoms with E-state index in [4.69, 9.17) is 10.5 Å². The summed E-state index contributed by atoms with van der Waals surface area (Å²) in [5, 5.41) is 5.00. The molecule has 2 rings (SSSR count). The van der Waals surface area contributed by atoms with Crippen molar-refractivity contribution in [2.45, 2.75) is 0 Å². The number of nitrogens with two attached hydrogens (primary N) is 1. The molecule has 5 heteroatoms. The molecule has 0 radical (unpaired) electrons. The van der Waals surface area contributed by atoms with Crippen LogP contribution in [-0.2, 0) is 0 Å². The predicted octanol–water partition coefficient (Wildman–Crippen LogP) is 0.961. The minimum atomic E-state index is -0.253. The lowest BCUT2D eigenvalue weighted by Gasteiger charge is -2.05. The molecular formula is C10H11N3O2. The summed E-state index contributed by atoms with van der Waals surface area (Å²) in [6.45, 7) is 0. The summed E-state index contributed by atoms with van der Waals surface area (Å²) in [5.41, 5.74) is 6.49. The lowest BCUT2D eigenvalue weighted by molar-refractivity contribution is 0.416. The predicted molar refractivity (Wildman–Crippen MR) is 57.8 cm³/mol. The van der Waals surface area contributed by atoms with Gasteiger partial charge >= 0.3 is 0 Å². The molecule has 2 aromatic rings. The smallest absolute Gasteiger partial charge is 0.274 e. The summed E-state index contributed by atoms with van der Waals surface area (Å²) in [5.74, 6) is 0.929. The largest absolute Gasteiger partial charge is 0.496 e. The van der Waals surface area contributed by atoms with Gasteiger partial charge < -0.3 is 10.5 Å². The van der Waals surface area contributed by atoms with Crippen LogP contribution in [0, 0.1) is 0 Å². The average molecular weight is 205 g/mol. The van der Waals surface area contributed by atoms with Gasteiger partial charge in [0, 0.05) is 5.56 Å². The Labute approximate surface area is 85.9 Å². The lowest BCUT2D eigenvalue weighted by atomic mass is 10.1. The van der Waals surface area contributed by atoms with Crippen molar-refractivity contribution in [1.82, 2.24) is 10.2 Å². The molecular weight excluding hydrogens is 194 g/mol. The molecule has 0 fully saturated rings. The average Bonchev–Trinajstić information content (AvgIpc) is 2.59. The fraction of sp³-hybridized carbons (Fsp3) is 0.100. The number of para-hydroxylation sites is 1. The minimum absolute atomic E-state index is 0.253. The Morgan fingerprint density at radius 1 is 1.27 bits per heavy atom. The number of rotatable bonds is 2. The van der Waals surface area contributed by atoms with Crippen molar-refractivity contribution in [1.29, 1.82) is 0 Å². The first-order valence-corrected chi connectivity index (χ1v) is 4.43. The zero-order valence-electron chi connectivity index (χ0n) is 8.20. The molecule has 0 aliphatic heterocycles. The van der Waals surface area contributed by atoms with E-state index in [9.17, 15) is 4.79 Å². The quantitative estimate of drug-likeness (QED) is 0.682. The standard InChI is InChI=1S/C10H11N3O2/c1-15-7-5-3-2-4-6(7)8-9(11)12-13-10(8)14/h2-5H,1H3,(H4,11,12,13,14). The highest BCUT2D eigenvalue weighted by molar-refractivity contribution is 5.77. The molecule has 0 bridgehead atoms. The van der Waals surface area contributed by atoms with Crippen molar-refractivity contribution in [3.05, 3.63) is 34.6 Å². The van der Waals surface area contributed by atoms with Crippen LogP contribution in [0.15, 0.2) is 29.1 Å². The van der Waals surface area contributed by atoms with E-state index in [1.807, 2.05) is 12.1 Å². The highest BCUT2D eigenvalue weighted by Crippen LogP contribution is 2.29. The zero-order chi connectivity index (χ0) is 10.8. The van der Waals surface area contributed by atoms with Crippen molar-refractivity contribution < 1.29 is 4.74 Å². The van der Waals surface area contributed by atoms with Gasteiger partial charge in [0.05, 0.1) is 12.7 Å². The molecule has 1 aromatic heterocycles. The van der Waals surface area contributed by atoms with Crippen molar-refractivity contribution in [2.75, 3.05) is 12.8 Å². The van der Waals surface area contributed by atoms with Gasteiger partial charge in [0.25, 0.3) is 5.56 Å². The first-order valence-electron chi connectivity index (χ1n) is 4.43. The molecule has 78 valence electrons. The highest BCUT2D eigenvalue weighted by atomic mass is 16.5. The number of benzene rings is 1. The Hall–Kier alpha value is -2.17. The summed E-state index contributed by atoms with van der Waals surface area (Å²) in [4.78, 5) is 11.5. The molecule has 0 aliphatic rings. The van der Waals surface area contributed by atoms with Gasteiger partial charge in [-0.1, -0.05) is 18.2 Å². The summed E-state index contributed by atoms with van der Waals surface area (Å²) < 4.78 is 5.16. The van der Waals surface area contributed by atoms with E-state index in [0.717, 1.165) is 0 Å². The van der Waals surface area contributed by atoms with Gasteiger partial charge in [-0.05, 0) is 6.07 Å². The summed E-state index contributed by atoms with van der Waals surface area (Å²) in [6.07, 6.45) is 0. The number of anilines is 1. The molecule has 0 spiro atoms.